The second-order valence-electron chi connectivity index (χ2n) is 6.16. The number of rotatable bonds is 4. The maximum atomic E-state index is 4.56. The number of nitrogens with zero attached hydrogens (tertiary/aromatic N) is 3. The number of aromatic amines is 1. The first-order valence-electron chi connectivity index (χ1n) is 7.87. The predicted molar refractivity (Wildman–Crippen MR) is 84.0 cm³/mol. The standard InChI is InChI=1S/C17H24N4/c1-13-10-18-9-8-14(13)11-21(2)12-17-15-6-4-3-5-7-16(15)19-20-17/h8-10H,3-7,11-12H2,1-2H3,(H,19,20). The molecule has 2 aromatic heterocycles. The Balaban J connectivity index is 1.69. The first kappa shape index (κ1) is 14.3. The van der Waals surface area contributed by atoms with Crippen LogP contribution in [0.4, 0.5) is 0 Å². The van der Waals surface area contributed by atoms with Gasteiger partial charge in [0.25, 0.3) is 0 Å². The van der Waals surface area contributed by atoms with Gasteiger partial charge in [-0.15, -0.1) is 0 Å². The Kier molecular flexibility index (Phi) is 4.34. The second kappa shape index (κ2) is 6.39. The smallest absolute Gasteiger partial charge is 0.0797 e. The largest absolute Gasteiger partial charge is 0.296 e. The highest BCUT2D eigenvalue weighted by Crippen LogP contribution is 2.22. The molecule has 4 heteroatoms. The lowest BCUT2D eigenvalue weighted by Gasteiger charge is -2.17. The SMILES string of the molecule is Cc1cnccc1CN(C)Cc1n[nH]c2c1CCCCC2. The summed E-state index contributed by atoms with van der Waals surface area (Å²) in [5.74, 6) is 0. The van der Waals surface area contributed by atoms with Crippen LogP contribution in [-0.4, -0.2) is 27.1 Å². The highest BCUT2D eigenvalue weighted by atomic mass is 15.2. The number of pyridine rings is 1. The molecule has 0 saturated heterocycles. The number of hydrogen-bond acceptors (Lipinski definition) is 3. The molecule has 0 aliphatic heterocycles. The third kappa shape index (κ3) is 3.32. The van der Waals surface area contributed by atoms with E-state index in [2.05, 4.69) is 40.1 Å². The Bertz CT molecular complexity index is 603. The van der Waals surface area contributed by atoms with Crippen molar-refractivity contribution in [2.45, 2.75) is 52.1 Å². The van der Waals surface area contributed by atoms with Crippen molar-refractivity contribution < 1.29 is 0 Å². The van der Waals surface area contributed by atoms with E-state index in [1.54, 1.807) is 0 Å². The molecule has 1 aliphatic carbocycles. The topological polar surface area (TPSA) is 44.8 Å². The molecule has 0 bridgehead atoms. The molecule has 1 N–H and O–H groups in total. The van der Waals surface area contributed by atoms with Gasteiger partial charge in [-0.25, -0.2) is 0 Å². The van der Waals surface area contributed by atoms with Crippen LogP contribution in [0.2, 0.25) is 0 Å². The number of H-pyrrole nitrogens is 1. The van der Waals surface area contributed by atoms with Crippen LogP contribution < -0.4 is 0 Å². The van der Waals surface area contributed by atoms with Crippen molar-refractivity contribution >= 4 is 0 Å². The van der Waals surface area contributed by atoms with Gasteiger partial charge in [-0.1, -0.05) is 6.42 Å². The molecule has 0 spiro atoms. The Morgan fingerprint density at radius 1 is 1.19 bits per heavy atom. The van der Waals surface area contributed by atoms with Gasteiger partial charge in [-0.3, -0.25) is 15.0 Å². The third-order valence-corrected chi connectivity index (χ3v) is 4.39. The number of aromatic nitrogens is 3. The van der Waals surface area contributed by atoms with E-state index in [9.17, 15) is 0 Å². The van der Waals surface area contributed by atoms with Crippen LogP contribution >= 0.6 is 0 Å². The monoisotopic (exact) mass is 284 g/mol. The van der Waals surface area contributed by atoms with Gasteiger partial charge < -0.3 is 0 Å². The molecule has 21 heavy (non-hydrogen) atoms. The molecule has 0 aromatic carbocycles. The summed E-state index contributed by atoms with van der Waals surface area (Å²) in [5.41, 5.74) is 6.68. The Morgan fingerprint density at radius 2 is 2.05 bits per heavy atom. The molecular weight excluding hydrogens is 260 g/mol. The molecule has 2 aromatic rings. The maximum Gasteiger partial charge on any atom is 0.0797 e. The Labute approximate surface area is 126 Å². The van der Waals surface area contributed by atoms with Crippen LogP contribution in [0, 0.1) is 6.92 Å². The molecular formula is C17H24N4. The summed E-state index contributed by atoms with van der Waals surface area (Å²) in [4.78, 5) is 6.50. The molecule has 0 radical (unpaired) electrons. The minimum Gasteiger partial charge on any atom is -0.296 e. The second-order valence-corrected chi connectivity index (χ2v) is 6.16. The molecule has 112 valence electrons. The average Bonchev–Trinajstić information content (AvgIpc) is 2.71. The summed E-state index contributed by atoms with van der Waals surface area (Å²) < 4.78 is 0. The zero-order valence-corrected chi connectivity index (χ0v) is 13.0. The lowest BCUT2D eigenvalue weighted by molar-refractivity contribution is 0.313. The number of hydrogen-bond donors (Lipinski definition) is 1. The maximum absolute atomic E-state index is 4.56. The molecule has 0 atom stereocenters. The van der Waals surface area contributed by atoms with Crippen molar-refractivity contribution in [1.82, 2.24) is 20.1 Å². The lowest BCUT2D eigenvalue weighted by Crippen LogP contribution is -2.19. The summed E-state index contributed by atoms with van der Waals surface area (Å²) in [7, 11) is 2.16. The van der Waals surface area contributed by atoms with E-state index in [0.717, 1.165) is 19.5 Å². The lowest BCUT2D eigenvalue weighted by atomic mass is 10.1. The Morgan fingerprint density at radius 3 is 2.90 bits per heavy atom. The van der Waals surface area contributed by atoms with Gasteiger partial charge in [0.2, 0.25) is 0 Å². The van der Waals surface area contributed by atoms with Crippen molar-refractivity contribution in [2.75, 3.05) is 7.05 Å². The zero-order chi connectivity index (χ0) is 14.7. The van der Waals surface area contributed by atoms with Crippen molar-refractivity contribution in [2.24, 2.45) is 0 Å². The van der Waals surface area contributed by atoms with Crippen LogP contribution in [0.5, 0.6) is 0 Å². The first-order valence-corrected chi connectivity index (χ1v) is 7.87. The highest BCUT2D eigenvalue weighted by molar-refractivity contribution is 5.27. The van der Waals surface area contributed by atoms with Crippen molar-refractivity contribution in [3.8, 4) is 0 Å². The molecule has 0 unspecified atom stereocenters. The number of fused-ring (bicyclic) bond motifs is 1. The molecule has 0 amide bonds. The van der Waals surface area contributed by atoms with E-state index in [0.29, 0.717) is 0 Å². The summed E-state index contributed by atoms with van der Waals surface area (Å²) in [5, 5.41) is 7.82. The van der Waals surface area contributed by atoms with Gasteiger partial charge in [0.15, 0.2) is 0 Å². The van der Waals surface area contributed by atoms with Crippen LogP contribution in [0.15, 0.2) is 18.5 Å². The van der Waals surface area contributed by atoms with Crippen molar-refractivity contribution in [3.63, 3.8) is 0 Å². The van der Waals surface area contributed by atoms with Gasteiger partial charge >= 0.3 is 0 Å². The summed E-state index contributed by atoms with van der Waals surface area (Å²) in [6, 6.07) is 2.11. The average molecular weight is 284 g/mol. The van der Waals surface area contributed by atoms with Gasteiger partial charge in [0.1, 0.15) is 0 Å². The number of aryl methyl sites for hydroxylation is 2. The van der Waals surface area contributed by atoms with Crippen molar-refractivity contribution in [1.29, 1.82) is 0 Å². The highest BCUT2D eigenvalue weighted by Gasteiger charge is 2.16. The van der Waals surface area contributed by atoms with Gasteiger partial charge in [-0.05, 0) is 62.4 Å². The fourth-order valence-electron chi connectivity index (χ4n) is 3.14. The minimum atomic E-state index is 0.910. The van der Waals surface area contributed by atoms with E-state index >= 15 is 0 Å². The fraction of sp³-hybridized carbons (Fsp3) is 0.529. The summed E-state index contributed by atoms with van der Waals surface area (Å²) >= 11 is 0. The molecule has 1 aliphatic rings. The van der Waals surface area contributed by atoms with Gasteiger partial charge in [-0.2, -0.15) is 5.10 Å². The van der Waals surface area contributed by atoms with Crippen LogP contribution in [0.3, 0.4) is 0 Å². The van der Waals surface area contributed by atoms with Gasteiger partial charge in [0, 0.05) is 31.2 Å². The third-order valence-electron chi connectivity index (χ3n) is 4.39. The summed E-state index contributed by atoms with van der Waals surface area (Å²) in [6.45, 7) is 3.97. The summed E-state index contributed by atoms with van der Waals surface area (Å²) in [6.07, 6.45) is 10.1. The van der Waals surface area contributed by atoms with E-state index in [1.807, 2.05) is 12.4 Å². The fourth-order valence-corrected chi connectivity index (χ4v) is 3.14. The molecule has 3 rings (SSSR count). The van der Waals surface area contributed by atoms with Crippen LogP contribution in [0.25, 0.3) is 0 Å². The van der Waals surface area contributed by atoms with Crippen LogP contribution in [0.1, 0.15) is 47.3 Å². The number of nitrogens with one attached hydrogen (secondary N) is 1. The van der Waals surface area contributed by atoms with Gasteiger partial charge in [0.05, 0.1) is 5.69 Å². The van der Waals surface area contributed by atoms with E-state index in [1.165, 1.54) is 53.8 Å². The Hall–Kier alpha value is -1.68. The molecule has 4 nitrogen and oxygen atoms in total. The zero-order valence-electron chi connectivity index (χ0n) is 13.0. The first-order chi connectivity index (χ1) is 10.2. The molecule has 0 fully saturated rings. The molecule has 2 heterocycles. The van der Waals surface area contributed by atoms with E-state index in [4.69, 9.17) is 0 Å². The predicted octanol–water partition coefficient (Wildman–Crippen LogP) is 3.01. The molecule has 0 saturated carbocycles. The van der Waals surface area contributed by atoms with E-state index in [-0.39, 0.29) is 0 Å². The van der Waals surface area contributed by atoms with Crippen molar-refractivity contribution in [3.05, 3.63) is 46.5 Å². The normalized spacial score (nSPS) is 15.0. The van der Waals surface area contributed by atoms with E-state index < -0.39 is 0 Å². The van der Waals surface area contributed by atoms with Crippen LogP contribution in [-0.2, 0) is 25.9 Å². The minimum absolute atomic E-state index is 0.910. The quantitative estimate of drug-likeness (QED) is 0.878.